The van der Waals surface area contributed by atoms with Crippen LogP contribution < -0.4 is 0 Å². The van der Waals surface area contributed by atoms with Crippen molar-refractivity contribution in [3.8, 4) is 0 Å². The van der Waals surface area contributed by atoms with E-state index in [4.69, 9.17) is 11.6 Å². The van der Waals surface area contributed by atoms with E-state index in [9.17, 15) is 10.1 Å². The van der Waals surface area contributed by atoms with E-state index in [1.54, 1.807) is 6.07 Å². The second-order valence-corrected chi connectivity index (χ2v) is 4.57. The van der Waals surface area contributed by atoms with Gasteiger partial charge in [-0.05, 0) is 25.6 Å². The van der Waals surface area contributed by atoms with Crippen molar-refractivity contribution >= 4 is 17.3 Å². The van der Waals surface area contributed by atoms with Crippen LogP contribution in [0.5, 0.6) is 0 Å². The monoisotopic (exact) mass is 254 g/mol. The number of nitro groups is 1. The highest BCUT2D eigenvalue weighted by Gasteiger charge is 2.11. The van der Waals surface area contributed by atoms with Crippen molar-refractivity contribution in [3.05, 3.63) is 51.1 Å². The Morgan fingerprint density at radius 1 is 1.59 bits per heavy atom. The zero-order valence-corrected chi connectivity index (χ0v) is 10.7. The number of nitro benzene ring substituents is 1. The third-order valence-electron chi connectivity index (χ3n) is 2.22. The molecular weight excluding hydrogens is 240 g/mol. The van der Waals surface area contributed by atoms with Gasteiger partial charge in [-0.25, -0.2) is 0 Å². The molecule has 5 heteroatoms. The van der Waals surface area contributed by atoms with Gasteiger partial charge in [0.25, 0.3) is 5.69 Å². The summed E-state index contributed by atoms with van der Waals surface area (Å²) in [4.78, 5) is 12.3. The van der Waals surface area contributed by atoms with Gasteiger partial charge < -0.3 is 0 Å². The van der Waals surface area contributed by atoms with Crippen LogP contribution in [-0.2, 0) is 6.54 Å². The molecule has 1 aromatic rings. The summed E-state index contributed by atoms with van der Waals surface area (Å²) in [6, 6.07) is 4.48. The highest BCUT2D eigenvalue weighted by molar-refractivity contribution is 6.31. The molecule has 0 bridgehead atoms. The molecule has 0 heterocycles. The molecule has 92 valence electrons. The molecule has 1 rings (SSSR count). The normalized spacial score (nSPS) is 10.6. The molecule has 0 unspecified atom stereocenters. The van der Waals surface area contributed by atoms with Gasteiger partial charge in [-0.15, -0.1) is 0 Å². The SMILES string of the molecule is C=C(C)CN(C)Cc1cc([N+](=O)[O-])ccc1Cl. The fourth-order valence-electron chi connectivity index (χ4n) is 1.60. The third kappa shape index (κ3) is 4.17. The van der Waals surface area contributed by atoms with Gasteiger partial charge in [0.2, 0.25) is 0 Å². The van der Waals surface area contributed by atoms with Gasteiger partial charge in [0.15, 0.2) is 0 Å². The molecule has 0 radical (unpaired) electrons. The van der Waals surface area contributed by atoms with Crippen LogP contribution in [0.2, 0.25) is 5.02 Å². The number of hydrogen-bond acceptors (Lipinski definition) is 3. The van der Waals surface area contributed by atoms with Gasteiger partial charge in [0.05, 0.1) is 4.92 Å². The van der Waals surface area contributed by atoms with Gasteiger partial charge in [0.1, 0.15) is 0 Å². The number of halogens is 1. The van der Waals surface area contributed by atoms with Crippen LogP contribution in [-0.4, -0.2) is 23.4 Å². The minimum Gasteiger partial charge on any atom is -0.298 e. The minimum atomic E-state index is -0.418. The molecular formula is C12H15ClN2O2. The molecule has 0 aliphatic heterocycles. The maximum Gasteiger partial charge on any atom is 0.269 e. The third-order valence-corrected chi connectivity index (χ3v) is 2.59. The zero-order chi connectivity index (χ0) is 13.0. The van der Waals surface area contributed by atoms with Crippen LogP contribution in [0.1, 0.15) is 12.5 Å². The number of rotatable bonds is 5. The summed E-state index contributed by atoms with van der Waals surface area (Å²) >= 11 is 6.01. The average molecular weight is 255 g/mol. The summed E-state index contributed by atoms with van der Waals surface area (Å²) in [6.07, 6.45) is 0. The van der Waals surface area contributed by atoms with E-state index < -0.39 is 4.92 Å². The predicted molar refractivity (Wildman–Crippen MR) is 69.3 cm³/mol. The lowest BCUT2D eigenvalue weighted by Gasteiger charge is -2.17. The van der Waals surface area contributed by atoms with Crippen molar-refractivity contribution in [2.75, 3.05) is 13.6 Å². The minimum absolute atomic E-state index is 0.0631. The van der Waals surface area contributed by atoms with E-state index in [1.807, 2.05) is 18.9 Å². The Kier molecular flexibility index (Phi) is 4.66. The molecule has 4 nitrogen and oxygen atoms in total. The van der Waals surface area contributed by atoms with E-state index in [2.05, 4.69) is 6.58 Å². The molecule has 0 saturated carbocycles. The summed E-state index contributed by atoms with van der Waals surface area (Å²) in [7, 11) is 1.92. The molecule has 0 aromatic heterocycles. The Bertz CT molecular complexity index is 446. The van der Waals surface area contributed by atoms with Gasteiger partial charge in [0, 0.05) is 30.2 Å². The second-order valence-electron chi connectivity index (χ2n) is 4.16. The lowest BCUT2D eigenvalue weighted by molar-refractivity contribution is -0.384. The molecule has 0 spiro atoms. The summed E-state index contributed by atoms with van der Waals surface area (Å²) in [5.74, 6) is 0. The van der Waals surface area contributed by atoms with Crippen LogP contribution >= 0.6 is 11.6 Å². The standard InChI is InChI=1S/C12H15ClN2O2/c1-9(2)7-14(3)8-10-6-11(15(16)17)4-5-12(10)13/h4-6H,1,7-8H2,2-3H3. The molecule has 0 amide bonds. The summed E-state index contributed by atoms with van der Waals surface area (Å²) in [5.41, 5.74) is 1.85. The largest absolute Gasteiger partial charge is 0.298 e. The van der Waals surface area contributed by atoms with Gasteiger partial charge in [-0.3, -0.25) is 15.0 Å². The maximum atomic E-state index is 10.7. The molecule has 0 N–H and O–H groups in total. The summed E-state index contributed by atoms with van der Waals surface area (Å²) in [6.45, 7) is 7.06. The van der Waals surface area contributed by atoms with Crippen molar-refractivity contribution < 1.29 is 4.92 Å². The number of benzene rings is 1. The first-order valence-electron chi connectivity index (χ1n) is 5.16. The highest BCUT2D eigenvalue weighted by atomic mass is 35.5. The van der Waals surface area contributed by atoms with Crippen LogP contribution in [0, 0.1) is 10.1 Å². The number of hydrogen-bond donors (Lipinski definition) is 0. The Hall–Kier alpha value is -1.39. The van der Waals surface area contributed by atoms with Crippen LogP contribution in [0.4, 0.5) is 5.69 Å². The lowest BCUT2D eigenvalue weighted by atomic mass is 10.2. The molecule has 0 saturated heterocycles. The van der Waals surface area contributed by atoms with Crippen LogP contribution in [0.15, 0.2) is 30.4 Å². The van der Waals surface area contributed by atoms with Crippen molar-refractivity contribution in [1.29, 1.82) is 0 Å². The fourth-order valence-corrected chi connectivity index (χ4v) is 1.78. The molecule has 1 aromatic carbocycles. The number of likely N-dealkylation sites (N-methyl/N-ethyl adjacent to an activating group) is 1. The van der Waals surface area contributed by atoms with Gasteiger partial charge in [-0.1, -0.05) is 23.8 Å². The van der Waals surface area contributed by atoms with Crippen molar-refractivity contribution in [1.82, 2.24) is 4.90 Å². The Morgan fingerprint density at radius 3 is 2.76 bits per heavy atom. The topological polar surface area (TPSA) is 46.4 Å². The van der Waals surface area contributed by atoms with Gasteiger partial charge in [-0.2, -0.15) is 0 Å². The maximum absolute atomic E-state index is 10.7. The van der Waals surface area contributed by atoms with Gasteiger partial charge >= 0.3 is 0 Å². The zero-order valence-electron chi connectivity index (χ0n) is 9.94. The molecule has 0 aliphatic carbocycles. The molecule has 0 atom stereocenters. The number of nitrogens with zero attached hydrogens (tertiary/aromatic N) is 2. The van der Waals surface area contributed by atoms with E-state index >= 15 is 0 Å². The predicted octanol–water partition coefficient (Wildman–Crippen LogP) is 3.26. The fraction of sp³-hybridized carbons (Fsp3) is 0.333. The second kappa shape index (κ2) is 5.80. The number of non-ortho nitro benzene ring substituents is 1. The Labute approximate surface area is 106 Å². The quantitative estimate of drug-likeness (QED) is 0.460. The van der Waals surface area contributed by atoms with E-state index in [0.29, 0.717) is 11.6 Å². The van der Waals surface area contributed by atoms with E-state index in [1.165, 1.54) is 12.1 Å². The van der Waals surface area contributed by atoms with Crippen molar-refractivity contribution in [3.63, 3.8) is 0 Å². The van der Waals surface area contributed by atoms with Crippen LogP contribution in [0.25, 0.3) is 0 Å². The highest BCUT2D eigenvalue weighted by Crippen LogP contribution is 2.23. The van der Waals surface area contributed by atoms with Crippen molar-refractivity contribution in [2.24, 2.45) is 0 Å². The lowest BCUT2D eigenvalue weighted by Crippen LogP contribution is -2.19. The smallest absolute Gasteiger partial charge is 0.269 e. The Morgan fingerprint density at radius 2 is 2.24 bits per heavy atom. The first kappa shape index (κ1) is 13.7. The van der Waals surface area contributed by atoms with Crippen LogP contribution in [0.3, 0.4) is 0 Å². The molecule has 0 aliphatic rings. The van der Waals surface area contributed by atoms with E-state index in [0.717, 1.165) is 17.7 Å². The van der Waals surface area contributed by atoms with E-state index in [-0.39, 0.29) is 5.69 Å². The first-order chi connectivity index (χ1) is 7.90. The Balaban J connectivity index is 2.86. The van der Waals surface area contributed by atoms with Crippen molar-refractivity contribution in [2.45, 2.75) is 13.5 Å². The summed E-state index contributed by atoms with van der Waals surface area (Å²) < 4.78 is 0. The molecule has 17 heavy (non-hydrogen) atoms. The molecule has 0 fully saturated rings. The average Bonchev–Trinajstić information content (AvgIpc) is 2.19. The first-order valence-corrected chi connectivity index (χ1v) is 5.53. The summed E-state index contributed by atoms with van der Waals surface area (Å²) in [5, 5.41) is 11.2.